The number of benzene rings is 1. The third-order valence-electron chi connectivity index (χ3n) is 1.96. The van der Waals surface area contributed by atoms with Crippen molar-refractivity contribution >= 4 is 39.5 Å². The molecule has 1 heterocycles. The molecule has 0 radical (unpaired) electrons. The quantitative estimate of drug-likeness (QED) is 0.457. The minimum Gasteiger partial charge on any atom is -0.425 e. The molecule has 0 unspecified atom stereocenters. The standard InChI is InChI=1S/C11H7IO4/c1-6(13)15-10-7-4-2-3-5-8(7)16-11(14)9(10)12/h2-5H,1H3. The van der Waals surface area contributed by atoms with E-state index >= 15 is 0 Å². The van der Waals surface area contributed by atoms with Crippen LogP contribution >= 0.6 is 22.6 Å². The molecule has 0 aliphatic heterocycles. The molecule has 0 spiro atoms. The Bertz CT molecular complexity index is 615. The number of para-hydroxylation sites is 1. The molecule has 0 atom stereocenters. The number of halogens is 1. The average Bonchev–Trinajstić information content (AvgIpc) is 2.24. The molecule has 0 aliphatic carbocycles. The molecular formula is C11H7IO4. The topological polar surface area (TPSA) is 56.5 Å². The fourth-order valence-corrected chi connectivity index (χ4v) is 1.85. The highest BCUT2D eigenvalue weighted by molar-refractivity contribution is 14.1. The van der Waals surface area contributed by atoms with Crippen LogP contribution in [0.5, 0.6) is 5.75 Å². The van der Waals surface area contributed by atoms with Crippen molar-refractivity contribution < 1.29 is 13.9 Å². The number of hydrogen-bond acceptors (Lipinski definition) is 4. The summed E-state index contributed by atoms with van der Waals surface area (Å²) in [5.74, 6) is -0.200. The monoisotopic (exact) mass is 330 g/mol. The molecule has 0 saturated carbocycles. The van der Waals surface area contributed by atoms with Crippen LogP contribution in [0.3, 0.4) is 0 Å². The van der Waals surface area contributed by atoms with Crippen LogP contribution in [0.25, 0.3) is 11.0 Å². The van der Waals surface area contributed by atoms with Crippen LogP contribution < -0.4 is 10.4 Å². The maximum absolute atomic E-state index is 11.5. The lowest BCUT2D eigenvalue weighted by Crippen LogP contribution is -2.10. The van der Waals surface area contributed by atoms with Gasteiger partial charge in [-0.15, -0.1) is 0 Å². The first-order valence-electron chi connectivity index (χ1n) is 4.49. The summed E-state index contributed by atoms with van der Waals surface area (Å²) in [4.78, 5) is 22.4. The number of rotatable bonds is 1. The summed E-state index contributed by atoms with van der Waals surface area (Å²) in [6.07, 6.45) is 0. The predicted octanol–water partition coefficient (Wildman–Crippen LogP) is 2.32. The van der Waals surface area contributed by atoms with Gasteiger partial charge >= 0.3 is 11.6 Å². The van der Waals surface area contributed by atoms with Gasteiger partial charge < -0.3 is 9.15 Å². The minimum atomic E-state index is -0.504. The van der Waals surface area contributed by atoms with Crippen molar-refractivity contribution in [3.63, 3.8) is 0 Å². The van der Waals surface area contributed by atoms with Crippen molar-refractivity contribution in [3.8, 4) is 5.75 Å². The summed E-state index contributed by atoms with van der Waals surface area (Å²) in [7, 11) is 0. The number of carbonyl (C=O) groups excluding carboxylic acids is 1. The zero-order chi connectivity index (χ0) is 11.7. The molecule has 0 bridgehead atoms. The van der Waals surface area contributed by atoms with Gasteiger partial charge in [0.1, 0.15) is 9.15 Å². The molecule has 82 valence electrons. The highest BCUT2D eigenvalue weighted by atomic mass is 127. The Hall–Kier alpha value is -1.37. The van der Waals surface area contributed by atoms with Gasteiger partial charge in [-0.05, 0) is 34.7 Å². The first-order valence-corrected chi connectivity index (χ1v) is 5.57. The van der Waals surface area contributed by atoms with Crippen LogP contribution in [0.4, 0.5) is 0 Å². The van der Waals surface area contributed by atoms with E-state index in [1.54, 1.807) is 46.9 Å². The van der Waals surface area contributed by atoms with E-state index in [-0.39, 0.29) is 9.32 Å². The highest BCUT2D eigenvalue weighted by Crippen LogP contribution is 2.28. The molecule has 4 nitrogen and oxygen atoms in total. The van der Waals surface area contributed by atoms with Crippen molar-refractivity contribution in [1.29, 1.82) is 0 Å². The second kappa shape index (κ2) is 4.25. The summed E-state index contributed by atoms with van der Waals surface area (Å²) in [6.45, 7) is 1.29. The van der Waals surface area contributed by atoms with Gasteiger partial charge in [0.05, 0.1) is 5.39 Å². The number of carbonyl (C=O) groups is 1. The second-order valence-corrected chi connectivity index (χ2v) is 4.20. The van der Waals surface area contributed by atoms with Gasteiger partial charge in [0.2, 0.25) is 0 Å². The van der Waals surface area contributed by atoms with Gasteiger partial charge in [-0.25, -0.2) is 4.79 Å². The predicted molar refractivity (Wildman–Crippen MR) is 66.5 cm³/mol. The van der Waals surface area contributed by atoms with Crippen LogP contribution in [0.1, 0.15) is 6.92 Å². The van der Waals surface area contributed by atoms with Crippen LogP contribution in [-0.4, -0.2) is 5.97 Å². The normalized spacial score (nSPS) is 10.4. The minimum absolute atomic E-state index is 0.264. The fourth-order valence-electron chi connectivity index (χ4n) is 1.34. The Kier molecular flexibility index (Phi) is 2.95. The van der Waals surface area contributed by atoms with Crippen LogP contribution in [-0.2, 0) is 4.79 Å². The van der Waals surface area contributed by atoms with Crippen molar-refractivity contribution in [3.05, 3.63) is 38.3 Å². The summed E-state index contributed by atoms with van der Waals surface area (Å²) in [5, 5.41) is 0.613. The van der Waals surface area contributed by atoms with E-state index in [0.717, 1.165) is 0 Å². The van der Waals surface area contributed by atoms with E-state index in [2.05, 4.69) is 0 Å². The van der Waals surface area contributed by atoms with Crippen molar-refractivity contribution in [2.45, 2.75) is 6.92 Å². The summed E-state index contributed by atoms with van der Waals surface area (Å²) in [6, 6.07) is 6.92. The number of esters is 1. The highest BCUT2D eigenvalue weighted by Gasteiger charge is 2.14. The number of hydrogen-bond donors (Lipinski definition) is 0. The maximum atomic E-state index is 11.5. The Balaban J connectivity index is 2.81. The smallest absolute Gasteiger partial charge is 0.353 e. The molecule has 0 amide bonds. The zero-order valence-corrected chi connectivity index (χ0v) is 10.5. The largest absolute Gasteiger partial charge is 0.425 e. The van der Waals surface area contributed by atoms with E-state index in [0.29, 0.717) is 11.0 Å². The molecule has 16 heavy (non-hydrogen) atoms. The third kappa shape index (κ3) is 1.95. The number of ether oxygens (including phenoxy) is 1. The summed E-state index contributed by atoms with van der Waals surface area (Å²) in [5.41, 5.74) is -0.0975. The van der Waals surface area contributed by atoms with Crippen molar-refractivity contribution in [1.82, 2.24) is 0 Å². The third-order valence-corrected chi connectivity index (χ3v) is 2.89. The zero-order valence-electron chi connectivity index (χ0n) is 8.32. The average molecular weight is 330 g/mol. The van der Waals surface area contributed by atoms with E-state index in [9.17, 15) is 9.59 Å². The molecule has 0 saturated heterocycles. The van der Waals surface area contributed by atoms with Gasteiger partial charge in [0.15, 0.2) is 5.75 Å². The van der Waals surface area contributed by atoms with Gasteiger partial charge in [-0.3, -0.25) is 4.79 Å². The molecule has 1 aromatic carbocycles. The van der Waals surface area contributed by atoms with Crippen molar-refractivity contribution in [2.75, 3.05) is 0 Å². The van der Waals surface area contributed by atoms with Crippen LogP contribution in [0.2, 0.25) is 0 Å². The van der Waals surface area contributed by atoms with Crippen LogP contribution in [0, 0.1) is 3.57 Å². The molecule has 2 aromatic rings. The Morgan fingerprint density at radius 3 is 2.75 bits per heavy atom. The first kappa shape index (κ1) is 11.1. The summed E-state index contributed by atoms with van der Waals surface area (Å²) >= 11 is 1.80. The molecule has 0 aliphatic rings. The van der Waals surface area contributed by atoms with Gasteiger partial charge in [0.25, 0.3) is 0 Å². The van der Waals surface area contributed by atoms with E-state index < -0.39 is 11.6 Å². The summed E-state index contributed by atoms with van der Waals surface area (Å²) < 4.78 is 10.4. The Morgan fingerprint density at radius 1 is 1.38 bits per heavy atom. The molecular weight excluding hydrogens is 323 g/mol. The Morgan fingerprint density at radius 2 is 2.06 bits per heavy atom. The first-order chi connectivity index (χ1) is 7.59. The Labute approximate surface area is 104 Å². The lowest BCUT2D eigenvalue weighted by atomic mass is 10.2. The molecule has 2 rings (SSSR count). The molecule has 0 fully saturated rings. The van der Waals surface area contributed by atoms with Gasteiger partial charge in [-0.1, -0.05) is 12.1 Å². The van der Waals surface area contributed by atoms with Crippen molar-refractivity contribution in [2.24, 2.45) is 0 Å². The molecule has 0 N–H and O–H groups in total. The SMILES string of the molecule is CC(=O)Oc1c(I)c(=O)oc2ccccc12. The van der Waals surface area contributed by atoms with E-state index in [1.165, 1.54) is 6.92 Å². The number of fused-ring (bicyclic) bond motifs is 1. The fraction of sp³-hybridized carbons (Fsp3) is 0.0909. The molecule has 5 heteroatoms. The van der Waals surface area contributed by atoms with Gasteiger partial charge in [-0.2, -0.15) is 0 Å². The molecule has 1 aromatic heterocycles. The van der Waals surface area contributed by atoms with Gasteiger partial charge in [0, 0.05) is 6.92 Å². The lowest BCUT2D eigenvalue weighted by Gasteiger charge is -2.06. The van der Waals surface area contributed by atoms with Crippen LogP contribution in [0.15, 0.2) is 33.5 Å². The van der Waals surface area contributed by atoms with E-state index in [1.807, 2.05) is 0 Å². The maximum Gasteiger partial charge on any atom is 0.353 e. The lowest BCUT2D eigenvalue weighted by molar-refractivity contribution is -0.131. The second-order valence-electron chi connectivity index (χ2n) is 3.12. The van der Waals surface area contributed by atoms with E-state index in [4.69, 9.17) is 9.15 Å².